The zero-order chi connectivity index (χ0) is 23.1. The van der Waals surface area contributed by atoms with Crippen LogP contribution in [0.1, 0.15) is 32.8 Å². The maximum Gasteiger partial charge on any atom is 0.310 e. The van der Waals surface area contributed by atoms with Crippen LogP contribution in [0.3, 0.4) is 0 Å². The minimum Gasteiger partial charge on any atom is -0.477 e. The molecule has 0 aliphatic carbocycles. The molecule has 0 aromatic heterocycles. The molecule has 0 atom stereocenters. The zero-order valence-electron chi connectivity index (χ0n) is 18.3. The van der Waals surface area contributed by atoms with E-state index in [0.717, 1.165) is 12.2 Å². The zero-order valence-corrected chi connectivity index (χ0v) is 18.3. The first kappa shape index (κ1) is 22.8. The number of hydrogen-bond acceptors (Lipinski definition) is 5. The van der Waals surface area contributed by atoms with Gasteiger partial charge in [-0.25, -0.2) is 0 Å². The summed E-state index contributed by atoms with van der Waals surface area (Å²) < 4.78 is 11.2. The Kier molecular flexibility index (Phi) is 7.10. The van der Waals surface area contributed by atoms with Crippen molar-refractivity contribution in [3.63, 3.8) is 0 Å². The van der Waals surface area contributed by atoms with Crippen LogP contribution < -0.4 is 14.8 Å². The molecule has 0 spiro atoms. The molecule has 0 saturated carbocycles. The number of benzene rings is 3. The smallest absolute Gasteiger partial charge is 0.310 e. The molecule has 166 valence electrons. The number of rotatable bonds is 9. The minimum atomic E-state index is -0.551. The second kappa shape index (κ2) is 9.96. The molecular formula is C25H26N2O5. The van der Waals surface area contributed by atoms with Crippen molar-refractivity contribution in [2.75, 3.05) is 11.9 Å². The summed E-state index contributed by atoms with van der Waals surface area (Å²) in [5.74, 6) is 0.993. The van der Waals surface area contributed by atoms with Crippen molar-refractivity contribution >= 4 is 17.3 Å². The summed E-state index contributed by atoms with van der Waals surface area (Å²) >= 11 is 0. The van der Waals surface area contributed by atoms with E-state index in [4.69, 9.17) is 9.47 Å². The lowest BCUT2D eigenvalue weighted by atomic mass is 9.82. The second-order valence-electron chi connectivity index (χ2n) is 7.95. The van der Waals surface area contributed by atoms with Gasteiger partial charge in [0.2, 0.25) is 0 Å². The molecule has 0 fully saturated rings. The lowest BCUT2D eigenvalue weighted by Gasteiger charge is -2.23. The van der Waals surface area contributed by atoms with Crippen LogP contribution in [-0.2, 0) is 10.2 Å². The molecule has 7 nitrogen and oxygen atoms in total. The van der Waals surface area contributed by atoms with Crippen molar-refractivity contribution in [2.45, 2.75) is 32.6 Å². The minimum absolute atomic E-state index is 0.0461. The molecule has 1 amide bonds. The Bertz CT molecular complexity index is 1080. The average molecular weight is 434 g/mol. The van der Waals surface area contributed by atoms with E-state index in [1.165, 1.54) is 23.8 Å². The van der Waals surface area contributed by atoms with Gasteiger partial charge >= 0.3 is 5.69 Å². The van der Waals surface area contributed by atoms with Crippen molar-refractivity contribution in [1.29, 1.82) is 0 Å². The van der Waals surface area contributed by atoms with Crippen LogP contribution in [-0.4, -0.2) is 17.4 Å². The highest BCUT2D eigenvalue weighted by molar-refractivity contribution is 5.92. The van der Waals surface area contributed by atoms with Gasteiger partial charge in [0.25, 0.3) is 5.91 Å². The van der Waals surface area contributed by atoms with E-state index in [1.807, 2.05) is 12.1 Å². The summed E-state index contributed by atoms with van der Waals surface area (Å²) in [7, 11) is 0. The van der Waals surface area contributed by atoms with Crippen molar-refractivity contribution in [1.82, 2.24) is 0 Å². The van der Waals surface area contributed by atoms with E-state index >= 15 is 0 Å². The topological polar surface area (TPSA) is 90.7 Å². The van der Waals surface area contributed by atoms with Crippen molar-refractivity contribution in [3.05, 3.63) is 88.5 Å². The predicted molar refractivity (Wildman–Crippen MR) is 123 cm³/mol. The lowest BCUT2D eigenvalue weighted by Crippen LogP contribution is -2.20. The van der Waals surface area contributed by atoms with Gasteiger partial charge in [0.15, 0.2) is 12.4 Å². The van der Waals surface area contributed by atoms with E-state index in [2.05, 4.69) is 38.2 Å². The Hall–Kier alpha value is -3.87. The molecule has 0 aliphatic rings. The molecule has 0 heterocycles. The molecule has 3 aromatic carbocycles. The number of nitrogens with zero attached hydrogens (tertiary/aromatic N) is 1. The fourth-order valence-electron chi connectivity index (χ4n) is 2.99. The number of amides is 1. The van der Waals surface area contributed by atoms with Gasteiger partial charge in [0, 0.05) is 11.8 Å². The second-order valence-corrected chi connectivity index (χ2v) is 7.95. The highest BCUT2D eigenvalue weighted by atomic mass is 16.6. The molecule has 0 aliphatic heterocycles. The van der Waals surface area contributed by atoms with E-state index in [9.17, 15) is 14.9 Å². The maximum absolute atomic E-state index is 12.1. The third-order valence-corrected chi connectivity index (χ3v) is 5.31. The number of para-hydroxylation sites is 2. The van der Waals surface area contributed by atoms with E-state index < -0.39 is 10.8 Å². The summed E-state index contributed by atoms with van der Waals surface area (Å²) in [5.41, 5.74) is 1.75. The quantitative estimate of drug-likeness (QED) is 0.325. The molecule has 0 radical (unpaired) electrons. The third kappa shape index (κ3) is 5.85. The fourth-order valence-corrected chi connectivity index (χ4v) is 2.99. The molecule has 0 unspecified atom stereocenters. The summed E-state index contributed by atoms with van der Waals surface area (Å²) in [6, 6.07) is 20.9. The number of ether oxygens (including phenoxy) is 2. The van der Waals surface area contributed by atoms with E-state index in [0.29, 0.717) is 11.4 Å². The number of carbonyl (C=O) groups is 1. The standard InChI is InChI=1S/C25H26N2O5/c1-4-25(2,3)18-9-13-20(14-10-18)32-21-15-11-19(12-16-21)26-24(28)17-31-23-8-6-5-7-22(23)27(29)30/h5-16H,4,17H2,1-3H3,(H,26,28). The van der Waals surface area contributed by atoms with Crippen LogP contribution >= 0.6 is 0 Å². The van der Waals surface area contributed by atoms with Gasteiger partial charge in [-0.15, -0.1) is 0 Å². The van der Waals surface area contributed by atoms with Crippen molar-refractivity contribution < 1.29 is 19.2 Å². The van der Waals surface area contributed by atoms with Gasteiger partial charge in [-0.2, -0.15) is 0 Å². The Morgan fingerprint density at radius 1 is 0.969 bits per heavy atom. The Balaban J connectivity index is 1.54. The lowest BCUT2D eigenvalue weighted by molar-refractivity contribution is -0.385. The molecular weight excluding hydrogens is 408 g/mol. The van der Waals surface area contributed by atoms with Crippen LogP contribution in [0.5, 0.6) is 17.2 Å². The Labute approximate surface area is 187 Å². The maximum atomic E-state index is 12.1. The molecule has 32 heavy (non-hydrogen) atoms. The SMILES string of the molecule is CCC(C)(C)c1ccc(Oc2ccc(NC(=O)COc3ccccc3[N+](=O)[O-])cc2)cc1. The Morgan fingerprint density at radius 2 is 1.56 bits per heavy atom. The number of nitrogens with one attached hydrogen (secondary N) is 1. The highest BCUT2D eigenvalue weighted by Crippen LogP contribution is 2.30. The summed E-state index contributed by atoms with van der Waals surface area (Å²) in [6.07, 6.45) is 1.05. The number of nitro benzene ring substituents is 1. The molecule has 3 rings (SSSR count). The molecule has 7 heteroatoms. The molecule has 0 bridgehead atoms. The third-order valence-electron chi connectivity index (χ3n) is 5.31. The number of hydrogen-bond donors (Lipinski definition) is 1. The van der Waals surface area contributed by atoms with Crippen molar-refractivity contribution in [2.24, 2.45) is 0 Å². The van der Waals surface area contributed by atoms with Gasteiger partial charge in [-0.3, -0.25) is 14.9 Å². The normalized spacial score (nSPS) is 11.0. The van der Waals surface area contributed by atoms with Gasteiger partial charge < -0.3 is 14.8 Å². The van der Waals surface area contributed by atoms with Gasteiger partial charge in [-0.05, 0) is 59.9 Å². The summed E-state index contributed by atoms with van der Waals surface area (Å²) in [6.45, 7) is 6.25. The molecule has 1 N–H and O–H groups in total. The first-order valence-corrected chi connectivity index (χ1v) is 10.3. The van der Waals surface area contributed by atoms with Crippen molar-refractivity contribution in [3.8, 4) is 17.2 Å². The molecule has 0 saturated heterocycles. The monoisotopic (exact) mass is 434 g/mol. The Morgan fingerprint density at radius 3 is 2.16 bits per heavy atom. The number of nitro groups is 1. The highest BCUT2D eigenvalue weighted by Gasteiger charge is 2.18. The van der Waals surface area contributed by atoms with Gasteiger partial charge in [0.1, 0.15) is 11.5 Å². The van der Waals surface area contributed by atoms with Crippen LogP contribution in [0.15, 0.2) is 72.8 Å². The number of carbonyl (C=O) groups excluding carboxylic acids is 1. The van der Waals surface area contributed by atoms with E-state index in [-0.39, 0.29) is 23.5 Å². The fraction of sp³-hybridized carbons (Fsp3) is 0.240. The largest absolute Gasteiger partial charge is 0.477 e. The van der Waals surface area contributed by atoms with Gasteiger partial charge in [0.05, 0.1) is 4.92 Å². The summed E-state index contributed by atoms with van der Waals surface area (Å²) in [5, 5.41) is 13.7. The van der Waals surface area contributed by atoms with Crippen LogP contribution in [0.2, 0.25) is 0 Å². The first-order valence-electron chi connectivity index (χ1n) is 10.3. The average Bonchev–Trinajstić information content (AvgIpc) is 2.79. The van der Waals surface area contributed by atoms with Crippen LogP contribution in [0.4, 0.5) is 11.4 Å². The molecule has 3 aromatic rings. The summed E-state index contributed by atoms with van der Waals surface area (Å²) in [4.78, 5) is 22.6. The number of anilines is 1. The van der Waals surface area contributed by atoms with Gasteiger partial charge in [-0.1, -0.05) is 45.0 Å². The predicted octanol–water partition coefficient (Wildman–Crippen LogP) is 6.09. The van der Waals surface area contributed by atoms with E-state index in [1.54, 1.807) is 30.3 Å². The van der Waals surface area contributed by atoms with Crippen LogP contribution in [0, 0.1) is 10.1 Å². The van der Waals surface area contributed by atoms with Crippen LogP contribution in [0.25, 0.3) is 0 Å². The first-order chi connectivity index (χ1) is 15.3.